The van der Waals surface area contributed by atoms with Crippen molar-refractivity contribution < 1.29 is 4.42 Å². The van der Waals surface area contributed by atoms with Gasteiger partial charge in [0.15, 0.2) is 0 Å². The molecule has 0 saturated heterocycles. The molecule has 0 radical (unpaired) electrons. The molecule has 0 spiro atoms. The summed E-state index contributed by atoms with van der Waals surface area (Å²) in [7, 11) is 0. The Hall–Kier alpha value is -1.25. The second-order valence-corrected chi connectivity index (χ2v) is 4.53. The molecule has 0 aliphatic carbocycles. The second kappa shape index (κ2) is 5.39. The molecule has 2 nitrogen and oxygen atoms in total. The van der Waals surface area contributed by atoms with Crippen LogP contribution in [0.15, 0.2) is 41.0 Å². The van der Waals surface area contributed by atoms with Crippen LogP contribution in [-0.2, 0) is 12.8 Å². The van der Waals surface area contributed by atoms with Gasteiger partial charge in [0.2, 0.25) is 0 Å². The van der Waals surface area contributed by atoms with Crippen LogP contribution in [0.1, 0.15) is 29.9 Å². The van der Waals surface area contributed by atoms with Crippen LogP contribution < -0.4 is 5.73 Å². The van der Waals surface area contributed by atoms with Crippen molar-refractivity contribution in [2.75, 3.05) is 0 Å². The van der Waals surface area contributed by atoms with Gasteiger partial charge in [0.1, 0.15) is 5.76 Å². The van der Waals surface area contributed by atoms with E-state index in [2.05, 4.69) is 6.92 Å². The number of benzene rings is 1. The Kier molecular flexibility index (Phi) is 3.87. The minimum Gasteiger partial charge on any atom is -0.469 e. The van der Waals surface area contributed by atoms with Crippen molar-refractivity contribution in [2.45, 2.75) is 25.8 Å². The highest BCUT2D eigenvalue weighted by Gasteiger charge is 2.13. The largest absolute Gasteiger partial charge is 0.469 e. The quantitative estimate of drug-likeness (QED) is 0.897. The number of hydrogen-bond donors (Lipinski definition) is 1. The first kappa shape index (κ1) is 12.2. The van der Waals surface area contributed by atoms with Crippen LogP contribution in [0.3, 0.4) is 0 Å². The lowest BCUT2D eigenvalue weighted by atomic mass is 9.99. The molecule has 1 unspecified atom stereocenters. The predicted molar refractivity (Wildman–Crippen MR) is 70.2 cm³/mol. The summed E-state index contributed by atoms with van der Waals surface area (Å²) in [5.74, 6) is 0.978. The number of aryl methyl sites for hydroxylation is 1. The standard InChI is InChI=1S/C14H16ClNO/c1-2-14-12(7-8-17-14)13(16)9-10-3-5-11(15)6-4-10/h3-8,13H,2,9,16H2,1H3. The molecule has 0 amide bonds. The molecule has 0 bridgehead atoms. The maximum atomic E-state index is 6.19. The Morgan fingerprint density at radius 2 is 1.94 bits per heavy atom. The highest BCUT2D eigenvalue weighted by atomic mass is 35.5. The zero-order valence-electron chi connectivity index (χ0n) is 9.82. The molecule has 2 N–H and O–H groups in total. The Labute approximate surface area is 106 Å². The van der Waals surface area contributed by atoms with Crippen molar-refractivity contribution in [2.24, 2.45) is 5.73 Å². The molecule has 1 aromatic carbocycles. The van der Waals surface area contributed by atoms with Gasteiger partial charge in [-0.15, -0.1) is 0 Å². The number of halogens is 1. The van der Waals surface area contributed by atoms with Crippen LogP contribution in [0.2, 0.25) is 5.02 Å². The average molecular weight is 250 g/mol. The SMILES string of the molecule is CCc1occc1C(N)Cc1ccc(Cl)cc1. The highest BCUT2D eigenvalue weighted by molar-refractivity contribution is 6.30. The molecular weight excluding hydrogens is 234 g/mol. The molecule has 1 heterocycles. The molecule has 0 aliphatic heterocycles. The fourth-order valence-electron chi connectivity index (χ4n) is 1.95. The zero-order valence-corrected chi connectivity index (χ0v) is 10.6. The topological polar surface area (TPSA) is 39.2 Å². The molecule has 0 fully saturated rings. The number of furan rings is 1. The molecule has 3 heteroatoms. The first-order valence-electron chi connectivity index (χ1n) is 5.77. The van der Waals surface area contributed by atoms with Gasteiger partial charge in [0, 0.05) is 23.0 Å². The van der Waals surface area contributed by atoms with Gasteiger partial charge in [-0.3, -0.25) is 0 Å². The lowest BCUT2D eigenvalue weighted by Crippen LogP contribution is -2.14. The monoisotopic (exact) mass is 249 g/mol. The Morgan fingerprint density at radius 1 is 1.24 bits per heavy atom. The van der Waals surface area contributed by atoms with Crippen molar-refractivity contribution >= 4 is 11.6 Å². The summed E-state index contributed by atoms with van der Waals surface area (Å²) in [5, 5.41) is 0.750. The number of rotatable bonds is 4. The van der Waals surface area contributed by atoms with Gasteiger partial charge in [-0.1, -0.05) is 30.7 Å². The average Bonchev–Trinajstić information content (AvgIpc) is 2.80. The second-order valence-electron chi connectivity index (χ2n) is 4.09. The number of nitrogens with two attached hydrogens (primary N) is 1. The van der Waals surface area contributed by atoms with E-state index >= 15 is 0 Å². The molecule has 2 aromatic rings. The third-order valence-corrected chi connectivity index (χ3v) is 3.12. The van der Waals surface area contributed by atoms with Gasteiger partial charge in [0.25, 0.3) is 0 Å². The Balaban J connectivity index is 2.11. The van der Waals surface area contributed by atoms with Crippen LogP contribution >= 0.6 is 11.6 Å². The van der Waals surface area contributed by atoms with E-state index in [-0.39, 0.29) is 6.04 Å². The van der Waals surface area contributed by atoms with Crippen LogP contribution in [0.4, 0.5) is 0 Å². The first-order valence-corrected chi connectivity index (χ1v) is 6.14. The van der Waals surface area contributed by atoms with Gasteiger partial charge in [-0.25, -0.2) is 0 Å². The van der Waals surface area contributed by atoms with Crippen molar-refractivity contribution in [1.29, 1.82) is 0 Å². The molecule has 1 aromatic heterocycles. The van der Waals surface area contributed by atoms with Gasteiger partial charge in [0.05, 0.1) is 6.26 Å². The van der Waals surface area contributed by atoms with Crippen LogP contribution in [0.25, 0.3) is 0 Å². The van der Waals surface area contributed by atoms with Gasteiger partial charge in [-0.05, 0) is 30.2 Å². The molecular formula is C14H16ClNO. The summed E-state index contributed by atoms with van der Waals surface area (Å²) in [6, 6.07) is 9.73. The van der Waals surface area contributed by atoms with Gasteiger partial charge >= 0.3 is 0 Å². The molecule has 0 saturated carbocycles. The predicted octanol–water partition coefficient (Wildman–Crippen LogP) is 3.74. The lowest BCUT2D eigenvalue weighted by Gasteiger charge is -2.11. The van der Waals surface area contributed by atoms with E-state index in [9.17, 15) is 0 Å². The van der Waals surface area contributed by atoms with Crippen LogP contribution in [0, 0.1) is 0 Å². The molecule has 17 heavy (non-hydrogen) atoms. The summed E-state index contributed by atoms with van der Waals surface area (Å²) in [6.07, 6.45) is 3.37. The van der Waals surface area contributed by atoms with E-state index in [0.717, 1.165) is 29.2 Å². The van der Waals surface area contributed by atoms with Crippen LogP contribution in [-0.4, -0.2) is 0 Å². The third-order valence-electron chi connectivity index (χ3n) is 2.87. The summed E-state index contributed by atoms with van der Waals surface area (Å²) in [5.41, 5.74) is 8.48. The minimum atomic E-state index is -0.0233. The van der Waals surface area contributed by atoms with E-state index in [4.69, 9.17) is 21.8 Å². The molecule has 0 aliphatic rings. The fourth-order valence-corrected chi connectivity index (χ4v) is 2.08. The van der Waals surface area contributed by atoms with Crippen molar-refractivity contribution in [1.82, 2.24) is 0 Å². The zero-order chi connectivity index (χ0) is 12.3. The lowest BCUT2D eigenvalue weighted by molar-refractivity contribution is 0.505. The Morgan fingerprint density at radius 3 is 2.59 bits per heavy atom. The summed E-state index contributed by atoms with van der Waals surface area (Å²) < 4.78 is 5.39. The smallest absolute Gasteiger partial charge is 0.108 e. The Bertz CT molecular complexity index is 475. The normalized spacial score (nSPS) is 12.6. The van der Waals surface area contributed by atoms with Crippen molar-refractivity contribution in [3.63, 3.8) is 0 Å². The summed E-state index contributed by atoms with van der Waals surface area (Å²) in [6.45, 7) is 2.07. The van der Waals surface area contributed by atoms with Gasteiger partial charge < -0.3 is 10.2 Å². The van der Waals surface area contributed by atoms with E-state index in [0.29, 0.717) is 0 Å². The van der Waals surface area contributed by atoms with Gasteiger partial charge in [-0.2, -0.15) is 0 Å². The van der Waals surface area contributed by atoms with E-state index in [1.54, 1.807) is 6.26 Å². The van der Waals surface area contributed by atoms with Crippen LogP contribution in [0.5, 0.6) is 0 Å². The molecule has 2 rings (SSSR count). The third kappa shape index (κ3) is 2.90. The van der Waals surface area contributed by atoms with Crippen molar-refractivity contribution in [3.8, 4) is 0 Å². The molecule has 90 valence electrons. The van der Waals surface area contributed by atoms with E-state index in [1.165, 1.54) is 5.56 Å². The summed E-state index contributed by atoms with van der Waals surface area (Å²) in [4.78, 5) is 0. The van der Waals surface area contributed by atoms with E-state index < -0.39 is 0 Å². The minimum absolute atomic E-state index is 0.0233. The first-order chi connectivity index (χ1) is 8.20. The van der Waals surface area contributed by atoms with Crippen molar-refractivity contribution in [3.05, 3.63) is 58.5 Å². The maximum Gasteiger partial charge on any atom is 0.108 e. The highest BCUT2D eigenvalue weighted by Crippen LogP contribution is 2.22. The maximum absolute atomic E-state index is 6.19. The van der Waals surface area contributed by atoms with E-state index in [1.807, 2.05) is 30.3 Å². The number of hydrogen-bond acceptors (Lipinski definition) is 2. The molecule has 1 atom stereocenters. The summed E-state index contributed by atoms with van der Waals surface area (Å²) >= 11 is 5.85. The fraction of sp³-hybridized carbons (Fsp3) is 0.286.